The van der Waals surface area contributed by atoms with Gasteiger partial charge >= 0.3 is 0 Å². The van der Waals surface area contributed by atoms with Crippen LogP contribution in [0.3, 0.4) is 0 Å². The standard InChI is InChI=1S/C36H40N8O4/c1-36(2)16-23-15-30-35(47)44(9-3-8-43(30)31(23)17-36)33-28(20-45)27(6-7-37-33)24-14-29(34(46)39-18-24)40-32-5-4-25(19-38-32)41-10-12-42(13-11-41)26-21-48-22-26/h4-7,14-15,18-20,26H,3,8-13,16-17,21-22H2,1-2H3,(H,38,40)(H,39,46). The second kappa shape index (κ2) is 12.0. The van der Waals surface area contributed by atoms with Crippen molar-refractivity contribution in [3.63, 3.8) is 0 Å². The number of carbonyl (C=O) groups is 2. The number of H-pyrrole nitrogens is 1. The van der Waals surface area contributed by atoms with Gasteiger partial charge in [-0.15, -0.1) is 0 Å². The lowest BCUT2D eigenvalue weighted by atomic mass is 9.90. The van der Waals surface area contributed by atoms with Crippen molar-refractivity contribution in [2.45, 2.75) is 45.7 Å². The SMILES string of the molecule is CC1(C)Cc2cc3n(c2C1)CCCN(c1nccc(-c2c[nH]c(=O)c(Nc4ccc(N5CCN(C6COC6)CC5)cn4)c2)c1C=O)C3=O. The van der Waals surface area contributed by atoms with E-state index in [0.717, 1.165) is 77.2 Å². The summed E-state index contributed by atoms with van der Waals surface area (Å²) in [5.41, 5.74) is 5.81. The minimum Gasteiger partial charge on any atom is -0.378 e. The van der Waals surface area contributed by atoms with E-state index in [1.807, 2.05) is 24.4 Å². The molecule has 1 aliphatic carbocycles. The fourth-order valence-electron chi connectivity index (χ4n) is 7.64. The van der Waals surface area contributed by atoms with E-state index in [0.29, 0.717) is 52.3 Å². The molecule has 1 amide bonds. The number of ether oxygens (including phenoxy) is 1. The Labute approximate surface area is 278 Å². The van der Waals surface area contributed by atoms with Gasteiger partial charge < -0.3 is 24.5 Å². The molecule has 0 bridgehead atoms. The molecule has 12 nitrogen and oxygen atoms in total. The first-order valence-corrected chi connectivity index (χ1v) is 16.8. The topological polar surface area (TPSA) is 129 Å². The first-order chi connectivity index (χ1) is 23.3. The Morgan fingerprint density at radius 2 is 1.83 bits per heavy atom. The number of nitrogens with zero attached hydrogens (tertiary/aromatic N) is 6. The number of hydrogen-bond acceptors (Lipinski definition) is 9. The molecule has 0 saturated carbocycles. The number of anilines is 4. The van der Waals surface area contributed by atoms with Crippen molar-refractivity contribution in [3.05, 3.63) is 81.8 Å². The highest BCUT2D eigenvalue weighted by molar-refractivity contribution is 6.08. The van der Waals surface area contributed by atoms with Crippen molar-refractivity contribution in [2.75, 3.05) is 61.1 Å². The molecule has 2 saturated heterocycles. The van der Waals surface area contributed by atoms with E-state index >= 15 is 0 Å². The van der Waals surface area contributed by atoms with Crippen molar-refractivity contribution >= 4 is 35.2 Å². The van der Waals surface area contributed by atoms with Gasteiger partial charge in [0.25, 0.3) is 11.5 Å². The van der Waals surface area contributed by atoms with Gasteiger partial charge in [0.15, 0.2) is 6.29 Å². The van der Waals surface area contributed by atoms with E-state index in [1.165, 1.54) is 11.3 Å². The molecule has 0 radical (unpaired) electrons. The zero-order chi connectivity index (χ0) is 33.0. The monoisotopic (exact) mass is 648 g/mol. The van der Waals surface area contributed by atoms with Crippen molar-refractivity contribution < 1.29 is 14.3 Å². The van der Waals surface area contributed by atoms with Gasteiger partial charge in [-0.05, 0) is 66.1 Å². The Morgan fingerprint density at radius 3 is 2.56 bits per heavy atom. The van der Waals surface area contributed by atoms with E-state index in [-0.39, 0.29) is 16.9 Å². The first kappa shape index (κ1) is 30.5. The van der Waals surface area contributed by atoms with Crippen LogP contribution in [0.25, 0.3) is 11.1 Å². The van der Waals surface area contributed by atoms with Gasteiger partial charge in [0.2, 0.25) is 0 Å². The number of nitrogens with one attached hydrogen (secondary N) is 2. The predicted molar refractivity (Wildman–Crippen MR) is 184 cm³/mol. The zero-order valence-electron chi connectivity index (χ0n) is 27.4. The summed E-state index contributed by atoms with van der Waals surface area (Å²) in [6.45, 7) is 11.2. The van der Waals surface area contributed by atoms with Crippen LogP contribution in [0.15, 0.2) is 53.7 Å². The molecule has 248 valence electrons. The summed E-state index contributed by atoms with van der Waals surface area (Å²) in [6.07, 6.45) is 8.39. The lowest BCUT2D eigenvalue weighted by molar-refractivity contribution is -0.0660. The van der Waals surface area contributed by atoms with Gasteiger partial charge in [0, 0.05) is 62.9 Å². The second-order valence-electron chi connectivity index (χ2n) is 14.1. The molecule has 8 rings (SSSR count). The number of carbonyl (C=O) groups excluding carboxylic acids is 2. The number of pyridine rings is 3. The van der Waals surface area contributed by atoms with Crippen LogP contribution in [0.2, 0.25) is 0 Å². The van der Waals surface area contributed by atoms with Crippen LogP contribution in [0, 0.1) is 5.41 Å². The van der Waals surface area contributed by atoms with Crippen LogP contribution >= 0.6 is 0 Å². The maximum absolute atomic E-state index is 14.0. The fourth-order valence-corrected chi connectivity index (χ4v) is 7.64. The number of aromatic amines is 1. The summed E-state index contributed by atoms with van der Waals surface area (Å²) in [5.74, 6) is 0.703. The minimum absolute atomic E-state index is 0.152. The molecule has 4 aromatic heterocycles. The lowest BCUT2D eigenvalue weighted by Crippen LogP contribution is -2.56. The van der Waals surface area contributed by atoms with Crippen LogP contribution in [-0.2, 0) is 24.1 Å². The summed E-state index contributed by atoms with van der Waals surface area (Å²) in [7, 11) is 0. The van der Waals surface area contributed by atoms with Crippen molar-refractivity contribution in [3.8, 4) is 11.1 Å². The average Bonchev–Trinajstić information content (AvgIpc) is 3.49. The average molecular weight is 649 g/mol. The number of aromatic nitrogens is 4. The Balaban J connectivity index is 1.02. The first-order valence-electron chi connectivity index (χ1n) is 16.8. The van der Waals surface area contributed by atoms with Crippen molar-refractivity contribution in [2.24, 2.45) is 5.41 Å². The third kappa shape index (κ3) is 5.48. The molecule has 2 N–H and O–H groups in total. The fraction of sp³-hybridized carbons (Fsp3) is 0.417. The highest BCUT2D eigenvalue weighted by Gasteiger charge is 2.36. The quantitative estimate of drug-likeness (QED) is 0.287. The van der Waals surface area contributed by atoms with E-state index in [2.05, 4.69) is 48.5 Å². The van der Waals surface area contributed by atoms with Crippen LogP contribution in [-0.4, -0.2) is 88.6 Å². The maximum atomic E-state index is 14.0. The summed E-state index contributed by atoms with van der Waals surface area (Å²) in [6, 6.07) is 9.89. The maximum Gasteiger partial charge on any atom is 0.276 e. The molecule has 0 atom stereocenters. The lowest BCUT2D eigenvalue weighted by Gasteiger charge is -2.43. The van der Waals surface area contributed by atoms with Gasteiger partial charge in [-0.2, -0.15) is 0 Å². The van der Waals surface area contributed by atoms with Crippen molar-refractivity contribution in [1.29, 1.82) is 0 Å². The molecule has 4 aliphatic rings. The molecular weight excluding hydrogens is 608 g/mol. The zero-order valence-corrected chi connectivity index (χ0v) is 27.4. The van der Waals surface area contributed by atoms with Gasteiger partial charge in [-0.3, -0.25) is 24.2 Å². The third-order valence-corrected chi connectivity index (χ3v) is 10.2. The van der Waals surface area contributed by atoms with Gasteiger partial charge in [-0.1, -0.05) is 13.8 Å². The molecule has 4 aromatic rings. The third-order valence-electron chi connectivity index (χ3n) is 10.2. The number of amides is 1. The smallest absolute Gasteiger partial charge is 0.276 e. The molecule has 3 aliphatic heterocycles. The summed E-state index contributed by atoms with van der Waals surface area (Å²) in [5, 5.41) is 3.15. The molecule has 48 heavy (non-hydrogen) atoms. The number of rotatable bonds is 7. The summed E-state index contributed by atoms with van der Waals surface area (Å²) < 4.78 is 7.52. The molecule has 7 heterocycles. The van der Waals surface area contributed by atoms with E-state index in [1.54, 1.807) is 29.4 Å². The number of piperazine rings is 1. The highest BCUT2D eigenvalue weighted by Crippen LogP contribution is 2.40. The Bertz CT molecular complexity index is 1940. The molecule has 12 heteroatoms. The van der Waals surface area contributed by atoms with E-state index in [9.17, 15) is 14.4 Å². The molecule has 0 aromatic carbocycles. The molecule has 0 unspecified atom stereocenters. The largest absolute Gasteiger partial charge is 0.378 e. The number of hydrogen-bond donors (Lipinski definition) is 2. The van der Waals surface area contributed by atoms with Crippen LogP contribution in [0.5, 0.6) is 0 Å². The van der Waals surface area contributed by atoms with E-state index in [4.69, 9.17) is 4.74 Å². The van der Waals surface area contributed by atoms with Crippen LogP contribution in [0.4, 0.5) is 23.0 Å². The highest BCUT2D eigenvalue weighted by atomic mass is 16.5. The van der Waals surface area contributed by atoms with Crippen LogP contribution in [0.1, 0.15) is 52.4 Å². The number of aldehydes is 1. The predicted octanol–water partition coefficient (Wildman–Crippen LogP) is 3.89. The molecule has 2 fully saturated rings. The summed E-state index contributed by atoms with van der Waals surface area (Å²) in [4.78, 5) is 57.9. The van der Waals surface area contributed by atoms with Gasteiger partial charge in [0.05, 0.1) is 36.7 Å². The minimum atomic E-state index is -0.317. The van der Waals surface area contributed by atoms with Crippen molar-refractivity contribution in [1.82, 2.24) is 24.4 Å². The Morgan fingerprint density at radius 1 is 1.00 bits per heavy atom. The molecular formula is C36H40N8O4. The van der Waals surface area contributed by atoms with Gasteiger partial charge in [-0.25, -0.2) is 9.97 Å². The Hall–Kier alpha value is -4.81. The summed E-state index contributed by atoms with van der Waals surface area (Å²) >= 11 is 0. The molecule has 0 spiro atoms. The van der Waals surface area contributed by atoms with Gasteiger partial charge in [0.1, 0.15) is 23.0 Å². The normalized spacial score (nSPS) is 19.4. The van der Waals surface area contributed by atoms with E-state index < -0.39 is 0 Å². The second-order valence-corrected chi connectivity index (χ2v) is 14.1. The van der Waals surface area contributed by atoms with Crippen LogP contribution < -0.4 is 20.7 Å². The number of fused-ring (bicyclic) bond motifs is 3. The Kier molecular flexibility index (Phi) is 7.64.